The number of benzene rings is 1. The lowest BCUT2D eigenvalue weighted by molar-refractivity contribution is -0.124. The summed E-state index contributed by atoms with van der Waals surface area (Å²) in [6, 6.07) is 4.72. The lowest BCUT2D eigenvalue weighted by Crippen LogP contribution is -2.52. The van der Waals surface area contributed by atoms with E-state index in [1.54, 1.807) is 12.1 Å². The predicted molar refractivity (Wildman–Crippen MR) is 76.3 cm³/mol. The molecule has 0 fully saturated rings. The molecule has 110 valence electrons. The van der Waals surface area contributed by atoms with Crippen molar-refractivity contribution < 1.29 is 15.0 Å². The Morgan fingerprint density at radius 1 is 1.45 bits per heavy atom. The molecule has 20 heavy (non-hydrogen) atoms. The number of carbonyl (C=O) groups excluding carboxylic acids is 1. The average molecular weight is 278 g/mol. The minimum absolute atomic E-state index is 0.0550. The van der Waals surface area contributed by atoms with Crippen LogP contribution in [0.25, 0.3) is 0 Å². The molecule has 0 saturated carbocycles. The van der Waals surface area contributed by atoms with E-state index in [-0.39, 0.29) is 36.3 Å². The molecule has 0 aromatic heterocycles. The van der Waals surface area contributed by atoms with Gasteiger partial charge in [-0.1, -0.05) is 19.9 Å². The number of phenols is 1. The fourth-order valence-electron chi connectivity index (χ4n) is 2.39. The number of rotatable bonds is 4. The van der Waals surface area contributed by atoms with Crippen molar-refractivity contribution in [1.82, 2.24) is 10.6 Å². The summed E-state index contributed by atoms with van der Waals surface area (Å²) in [7, 11) is 0. The minimum atomic E-state index is -0.292. The van der Waals surface area contributed by atoms with E-state index in [4.69, 9.17) is 0 Å². The fourth-order valence-corrected chi connectivity index (χ4v) is 2.39. The minimum Gasteiger partial charge on any atom is -0.508 e. The number of carbonyl (C=O) groups is 1. The van der Waals surface area contributed by atoms with Crippen LogP contribution in [0.4, 0.5) is 0 Å². The zero-order valence-corrected chi connectivity index (χ0v) is 11.9. The summed E-state index contributed by atoms with van der Waals surface area (Å²) in [6.07, 6.45) is 0.595. The Morgan fingerprint density at radius 3 is 2.85 bits per heavy atom. The van der Waals surface area contributed by atoms with E-state index in [1.165, 1.54) is 0 Å². The second kappa shape index (κ2) is 6.24. The molecule has 1 amide bonds. The van der Waals surface area contributed by atoms with Gasteiger partial charge in [0.1, 0.15) is 5.75 Å². The first-order chi connectivity index (χ1) is 9.51. The SMILES string of the molecule is CC(C)[C@@H](CO)NC(=O)[C@H]1Cc2ccc(O)cc2CN1. The third-order valence-corrected chi connectivity index (χ3v) is 3.80. The first-order valence-electron chi connectivity index (χ1n) is 6.96. The molecular weight excluding hydrogens is 256 g/mol. The Kier molecular flexibility index (Phi) is 4.62. The van der Waals surface area contributed by atoms with Gasteiger partial charge in [0, 0.05) is 6.54 Å². The zero-order valence-electron chi connectivity index (χ0n) is 11.9. The van der Waals surface area contributed by atoms with Crippen molar-refractivity contribution in [3.63, 3.8) is 0 Å². The van der Waals surface area contributed by atoms with E-state index >= 15 is 0 Å². The monoisotopic (exact) mass is 278 g/mol. The molecule has 0 aliphatic carbocycles. The van der Waals surface area contributed by atoms with E-state index in [0.29, 0.717) is 13.0 Å². The highest BCUT2D eigenvalue weighted by molar-refractivity contribution is 5.82. The number of amides is 1. The molecular formula is C15H22N2O3. The molecule has 5 nitrogen and oxygen atoms in total. The largest absolute Gasteiger partial charge is 0.508 e. The van der Waals surface area contributed by atoms with Crippen molar-refractivity contribution in [2.75, 3.05) is 6.61 Å². The van der Waals surface area contributed by atoms with E-state index in [9.17, 15) is 15.0 Å². The first kappa shape index (κ1) is 14.8. The van der Waals surface area contributed by atoms with E-state index < -0.39 is 0 Å². The van der Waals surface area contributed by atoms with Crippen LogP contribution >= 0.6 is 0 Å². The Hall–Kier alpha value is -1.59. The van der Waals surface area contributed by atoms with Gasteiger partial charge in [-0.2, -0.15) is 0 Å². The highest BCUT2D eigenvalue weighted by Gasteiger charge is 2.26. The van der Waals surface area contributed by atoms with Crippen LogP contribution in [-0.4, -0.2) is 34.8 Å². The van der Waals surface area contributed by atoms with Gasteiger partial charge in [0.2, 0.25) is 5.91 Å². The Balaban J connectivity index is 2.01. The number of fused-ring (bicyclic) bond motifs is 1. The maximum Gasteiger partial charge on any atom is 0.237 e. The molecule has 0 radical (unpaired) electrons. The molecule has 2 atom stereocenters. The third-order valence-electron chi connectivity index (χ3n) is 3.80. The zero-order chi connectivity index (χ0) is 14.7. The maximum absolute atomic E-state index is 12.2. The van der Waals surface area contributed by atoms with Crippen LogP contribution in [0.3, 0.4) is 0 Å². The van der Waals surface area contributed by atoms with Gasteiger partial charge in [0.25, 0.3) is 0 Å². The number of phenolic OH excluding ortho intramolecular Hbond substituents is 1. The molecule has 0 unspecified atom stereocenters. The normalized spacial score (nSPS) is 19.5. The standard InChI is InChI=1S/C15H22N2O3/c1-9(2)14(8-18)17-15(20)13-6-10-3-4-12(19)5-11(10)7-16-13/h3-5,9,13-14,16,18-19H,6-8H2,1-2H3,(H,17,20)/t13-,14-/m1/s1. The fraction of sp³-hybridized carbons (Fsp3) is 0.533. The van der Waals surface area contributed by atoms with E-state index in [1.807, 2.05) is 19.9 Å². The van der Waals surface area contributed by atoms with Crippen LogP contribution in [0.2, 0.25) is 0 Å². The summed E-state index contributed by atoms with van der Waals surface area (Å²) in [5.74, 6) is 0.349. The molecule has 5 heteroatoms. The van der Waals surface area contributed by atoms with Gasteiger partial charge in [-0.05, 0) is 35.6 Å². The third kappa shape index (κ3) is 3.29. The molecule has 1 aliphatic rings. The summed E-state index contributed by atoms with van der Waals surface area (Å²) in [4.78, 5) is 12.2. The van der Waals surface area contributed by atoms with Crippen LogP contribution in [-0.2, 0) is 17.8 Å². The van der Waals surface area contributed by atoms with Crippen molar-refractivity contribution in [3.05, 3.63) is 29.3 Å². The number of hydrogen-bond donors (Lipinski definition) is 4. The predicted octanol–water partition coefficient (Wildman–Crippen LogP) is 0.540. The van der Waals surface area contributed by atoms with Gasteiger partial charge < -0.3 is 20.8 Å². The molecule has 2 rings (SSSR count). The van der Waals surface area contributed by atoms with Crippen LogP contribution in [0.1, 0.15) is 25.0 Å². The van der Waals surface area contributed by atoms with Gasteiger partial charge >= 0.3 is 0 Å². The Morgan fingerprint density at radius 2 is 2.20 bits per heavy atom. The lowest BCUT2D eigenvalue weighted by atomic mass is 9.94. The van der Waals surface area contributed by atoms with Gasteiger partial charge in [-0.25, -0.2) is 0 Å². The van der Waals surface area contributed by atoms with Crippen molar-refractivity contribution in [2.24, 2.45) is 5.92 Å². The topological polar surface area (TPSA) is 81.6 Å². The van der Waals surface area contributed by atoms with Crippen molar-refractivity contribution in [1.29, 1.82) is 0 Å². The molecule has 1 aromatic carbocycles. The number of nitrogens with one attached hydrogen (secondary N) is 2. The molecule has 1 heterocycles. The molecule has 1 aromatic rings. The first-order valence-corrected chi connectivity index (χ1v) is 6.96. The maximum atomic E-state index is 12.2. The average Bonchev–Trinajstić information content (AvgIpc) is 2.43. The molecule has 1 aliphatic heterocycles. The number of aliphatic hydroxyl groups excluding tert-OH is 1. The van der Waals surface area contributed by atoms with Gasteiger partial charge in [-0.3, -0.25) is 4.79 Å². The second-order valence-corrected chi connectivity index (χ2v) is 5.63. The van der Waals surface area contributed by atoms with Crippen LogP contribution in [0.5, 0.6) is 5.75 Å². The smallest absolute Gasteiger partial charge is 0.237 e. The highest BCUT2D eigenvalue weighted by atomic mass is 16.3. The number of hydrogen-bond acceptors (Lipinski definition) is 4. The van der Waals surface area contributed by atoms with E-state index in [2.05, 4.69) is 10.6 Å². The summed E-state index contributed by atoms with van der Waals surface area (Å²) >= 11 is 0. The lowest BCUT2D eigenvalue weighted by Gasteiger charge is -2.28. The van der Waals surface area contributed by atoms with E-state index in [0.717, 1.165) is 11.1 Å². The second-order valence-electron chi connectivity index (χ2n) is 5.63. The molecule has 0 bridgehead atoms. The highest BCUT2D eigenvalue weighted by Crippen LogP contribution is 2.21. The van der Waals surface area contributed by atoms with Crippen LogP contribution in [0, 0.1) is 5.92 Å². The van der Waals surface area contributed by atoms with Crippen molar-refractivity contribution in [3.8, 4) is 5.75 Å². The quantitative estimate of drug-likeness (QED) is 0.648. The van der Waals surface area contributed by atoms with Gasteiger partial charge in [0.05, 0.1) is 18.7 Å². The summed E-state index contributed by atoms with van der Waals surface area (Å²) in [5, 5.41) is 24.8. The number of aliphatic hydroxyl groups is 1. The summed E-state index contributed by atoms with van der Waals surface area (Å²) in [6.45, 7) is 4.44. The molecule has 0 spiro atoms. The van der Waals surface area contributed by atoms with Gasteiger partial charge in [-0.15, -0.1) is 0 Å². The van der Waals surface area contributed by atoms with Crippen molar-refractivity contribution >= 4 is 5.91 Å². The Bertz CT molecular complexity index is 488. The summed E-state index contributed by atoms with van der Waals surface area (Å²) in [5.41, 5.74) is 2.10. The van der Waals surface area contributed by atoms with Crippen LogP contribution < -0.4 is 10.6 Å². The Labute approximate surface area is 119 Å². The van der Waals surface area contributed by atoms with Gasteiger partial charge in [0.15, 0.2) is 0 Å². The molecule has 4 N–H and O–H groups in total. The van der Waals surface area contributed by atoms with Crippen LogP contribution in [0.15, 0.2) is 18.2 Å². The van der Waals surface area contributed by atoms with Crippen molar-refractivity contribution in [2.45, 2.75) is 38.9 Å². The summed E-state index contributed by atoms with van der Waals surface area (Å²) < 4.78 is 0. The molecule has 0 saturated heterocycles. The number of aromatic hydroxyl groups is 1.